The van der Waals surface area contributed by atoms with Crippen LogP contribution in [0, 0.1) is 4.64 Å². The van der Waals surface area contributed by atoms with E-state index in [-0.39, 0.29) is 0 Å². The van der Waals surface area contributed by atoms with Crippen LogP contribution in [0.25, 0.3) is 0 Å². The van der Waals surface area contributed by atoms with Gasteiger partial charge in [-0.05, 0) is 33.5 Å². The van der Waals surface area contributed by atoms with Crippen LogP contribution in [0.1, 0.15) is 36.8 Å². The maximum absolute atomic E-state index is 5.31. The standard InChI is InChI=1S/C14H14Br2N2S/c1-8(2)13-12(16)14(19)18-11(17-13)7-9-5-3-4-6-10(9)15/h3-6,8H,7H2,1-2H3,(H,17,18,19). The molecular formula is C14H14Br2N2S. The first-order chi connectivity index (χ1) is 8.99. The number of hydrogen-bond acceptors (Lipinski definition) is 2. The topological polar surface area (TPSA) is 28.7 Å². The van der Waals surface area contributed by atoms with Crippen molar-refractivity contribution in [2.45, 2.75) is 26.2 Å². The van der Waals surface area contributed by atoms with Crippen LogP contribution in [0.5, 0.6) is 0 Å². The molecule has 1 aromatic heterocycles. The van der Waals surface area contributed by atoms with E-state index in [1.807, 2.05) is 18.2 Å². The highest BCUT2D eigenvalue weighted by atomic mass is 79.9. The van der Waals surface area contributed by atoms with E-state index >= 15 is 0 Å². The van der Waals surface area contributed by atoms with E-state index in [1.54, 1.807) is 0 Å². The van der Waals surface area contributed by atoms with E-state index in [2.05, 4.69) is 61.7 Å². The average Bonchev–Trinajstić information content (AvgIpc) is 2.36. The predicted molar refractivity (Wildman–Crippen MR) is 88.2 cm³/mol. The number of nitrogens with zero attached hydrogens (tertiary/aromatic N) is 1. The first-order valence-electron chi connectivity index (χ1n) is 6.01. The van der Waals surface area contributed by atoms with Crippen LogP contribution in [0.4, 0.5) is 0 Å². The summed E-state index contributed by atoms with van der Waals surface area (Å²) in [5, 5.41) is 0. The van der Waals surface area contributed by atoms with Crippen LogP contribution in [-0.4, -0.2) is 9.97 Å². The van der Waals surface area contributed by atoms with Gasteiger partial charge in [0.15, 0.2) is 0 Å². The lowest BCUT2D eigenvalue weighted by atomic mass is 10.1. The second kappa shape index (κ2) is 6.29. The molecule has 0 unspecified atom stereocenters. The van der Waals surface area contributed by atoms with Gasteiger partial charge in [0.25, 0.3) is 0 Å². The Morgan fingerprint density at radius 2 is 1.95 bits per heavy atom. The van der Waals surface area contributed by atoms with E-state index in [4.69, 9.17) is 12.2 Å². The minimum Gasteiger partial charge on any atom is -0.346 e. The van der Waals surface area contributed by atoms with Crippen molar-refractivity contribution in [3.05, 3.63) is 54.9 Å². The highest BCUT2D eigenvalue weighted by Gasteiger charge is 2.10. The summed E-state index contributed by atoms with van der Waals surface area (Å²) >= 11 is 12.4. The van der Waals surface area contributed by atoms with Gasteiger partial charge in [-0.25, -0.2) is 4.98 Å². The van der Waals surface area contributed by atoms with Gasteiger partial charge < -0.3 is 4.98 Å². The molecule has 2 rings (SSSR count). The molecule has 0 spiro atoms. The SMILES string of the molecule is CC(C)c1[nH]c(Cc2ccccc2Br)nc(=S)c1Br. The minimum absolute atomic E-state index is 0.372. The number of halogens is 2. The second-order valence-electron chi connectivity index (χ2n) is 4.64. The summed E-state index contributed by atoms with van der Waals surface area (Å²) < 4.78 is 2.60. The van der Waals surface area contributed by atoms with Gasteiger partial charge in [0.2, 0.25) is 0 Å². The van der Waals surface area contributed by atoms with Crippen molar-refractivity contribution < 1.29 is 0 Å². The maximum Gasteiger partial charge on any atom is 0.144 e. The van der Waals surface area contributed by atoms with E-state index in [1.165, 1.54) is 5.56 Å². The lowest BCUT2D eigenvalue weighted by molar-refractivity contribution is 0.780. The third kappa shape index (κ3) is 3.52. The molecule has 0 amide bonds. The molecule has 0 saturated heterocycles. The van der Waals surface area contributed by atoms with Gasteiger partial charge in [-0.1, -0.05) is 60.2 Å². The fraction of sp³-hybridized carbons (Fsp3) is 0.286. The summed E-state index contributed by atoms with van der Waals surface area (Å²) in [5.41, 5.74) is 2.29. The molecule has 1 heterocycles. The molecule has 0 bridgehead atoms. The first-order valence-corrected chi connectivity index (χ1v) is 8.00. The summed E-state index contributed by atoms with van der Waals surface area (Å²) in [6, 6.07) is 8.15. The van der Waals surface area contributed by atoms with Crippen LogP contribution >= 0.6 is 44.1 Å². The zero-order valence-electron chi connectivity index (χ0n) is 10.7. The molecule has 19 heavy (non-hydrogen) atoms. The van der Waals surface area contributed by atoms with Crippen molar-refractivity contribution in [1.82, 2.24) is 9.97 Å². The third-order valence-electron chi connectivity index (χ3n) is 2.83. The summed E-state index contributed by atoms with van der Waals surface area (Å²) in [5.74, 6) is 1.26. The maximum atomic E-state index is 5.31. The van der Waals surface area contributed by atoms with E-state index in [0.29, 0.717) is 10.6 Å². The Labute approximate surface area is 134 Å². The van der Waals surface area contributed by atoms with Crippen LogP contribution in [-0.2, 0) is 6.42 Å². The Morgan fingerprint density at radius 3 is 2.58 bits per heavy atom. The highest BCUT2D eigenvalue weighted by molar-refractivity contribution is 9.10. The van der Waals surface area contributed by atoms with Gasteiger partial charge in [0.1, 0.15) is 10.5 Å². The molecule has 0 saturated carbocycles. The molecule has 2 nitrogen and oxygen atoms in total. The van der Waals surface area contributed by atoms with Crippen LogP contribution < -0.4 is 0 Å². The second-order valence-corrected chi connectivity index (χ2v) is 6.67. The summed E-state index contributed by atoms with van der Waals surface area (Å²) in [7, 11) is 0. The van der Waals surface area contributed by atoms with Crippen LogP contribution in [0.3, 0.4) is 0 Å². The van der Waals surface area contributed by atoms with E-state index in [9.17, 15) is 0 Å². The number of benzene rings is 1. The highest BCUT2D eigenvalue weighted by Crippen LogP contribution is 2.24. The van der Waals surface area contributed by atoms with Crippen molar-refractivity contribution >= 4 is 44.1 Å². The van der Waals surface area contributed by atoms with Gasteiger partial charge in [-0.2, -0.15) is 0 Å². The van der Waals surface area contributed by atoms with Crippen molar-refractivity contribution in [2.75, 3.05) is 0 Å². The average molecular weight is 402 g/mol. The minimum atomic E-state index is 0.372. The number of rotatable bonds is 3. The molecular weight excluding hydrogens is 388 g/mol. The molecule has 2 aromatic rings. The van der Waals surface area contributed by atoms with E-state index in [0.717, 1.165) is 26.9 Å². The molecule has 0 aliphatic carbocycles. The van der Waals surface area contributed by atoms with Crippen molar-refractivity contribution in [1.29, 1.82) is 0 Å². The molecule has 0 aliphatic heterocycles. The molecule has 0 fully saturated rings. The Morgan fingerprint density at radius 1 is 1.26 bits per heavy atom. The van der Waals surface area contributed by atoms with Crippen LogP contribution in [0.15, 0.2) is 33.2 Å². The molecule has 0 atom stereocenters. The summed E-state index contributed by atoms with van der Waals surface area (Å²) in [6.45, 7) is 4.27. The van der Waals surface area contributed by atoms with Gasteiger partial charge >= 0.3 is 0 Å². The van der Waals surface area contributed by atoms with Gasteiger partial charge in [0, 0.05) is 16.6 Å². The summed E-state index contributed by atoms with van der Waals surface area (Å²) in [6.07, 6.45) is 0.734. The zero-order valence-corrected chi connectivity index (χ0v) is 14.7. The van der Waals surface area contributed by atoms with Crippen molar-refractivity contribution in [3.63, 3.8) is 0 Å². The third-order valence-corrected chi connectivity index (χ3v) is 4.97. The largest absolute Gasteiger partial charge is 0.346 e. The van der Waals surface area contributed by atoms with Crippen molar-refractivity contribution in [2.24, 2.45) is 0 Å². The number of aromatic amines is 1. The normalized spacial score (nSPS) is 11.0. The number of nitrogens with one attached hydrogen (secondary N) is 1. The molecule has 5 heteroatoms. The molecule has 100 valence electrons. The van der Waals surface area contributed by atoms with Crippen molar-refractivity contribution in [3.8, 4) is 0 Å². The Hall–Kier alpha value is -0.520. The Balaban J connectivity index is 2.42. The van der Waals surface area contributed by atoms with Gasteiger partial charge in [-0.15, -0.1) is 0 Å². The number of H-pyrrole nitrogens is 1. The lowest BCUT2D eigenvalue weighted by Crippen LogP contribution is -2.04. The monoisotopic (exact) mass is 400 g/mol. The molecule has 1 aromatic carbocycles. The fourth-order valence-electron chi connectivity index (χ4n) is 1.83. The molecule has 0 radical (unpaired) electrons. The lowest BCUT2D eigenvalue weighted by Gasteiger charge is -2.12. The summed E-state index contributed by atoms with van der Waals surface area (Å²) in [4.78, 5) is 7.83. The quantitative estimate of drug-likeness (QED) is 0.699. The molecule has 1 N–H and O–H groups in total. The predicted octanol–water partition coefficient (Wildman–Crippen LogP) is 5.38. The van der Waals surface area contributed by atoms with Crippen LogP contribution in [0.2, 0.25) is 0 Å². The molecule has 0 aliphatic rings. The zero-order chi connectivity index (χ0) is 14.0. The van der Waals surface area contributed by atoms with E-state index < -0.39 is 0 Å². The fourth-order valence-corrected chi connectivity index (χ4v) is 3.12. The Kier molecular flexibility index (Phi) is 4.92. The van der Waals surface area contributed by atoms with Gasteiger partial charge in [0.05, 0.1) is 4.47 Å². The van der Waals surface area contributed by atoms with Gasteiger partial charge in [-0.3, -0.25) is 0 Å². The smallest absolute Gasteiger partial charge is 0.144 e. The number of hydrogen-bond donors (Lipinski definition) is 1. The Bertz CT molecular complexity index is 650. The number of aromatic nitrogens is 2. The first kappa shape index (κ1) is 14.9.